The third-order valence-electron chi connectivity index (χ3n) is 7.29. The minimum atomic E-state index is -0.172. The Morgan fingerprint density at radius 2 is 1.92 bits per heavy atom. The Kier molecular flexibility index (Phi) is 5.71. The number of rotatable bonds is 5. The lowest BCUT2D eigenvalue weighted by molar-refractivity contribution is -0.132. The van der Waals surface area contributed by atoms with Crippen LogP contribution in [0.1, 0.15) is 41.7 Å². The van der Waals surface area contributed by atoms with Gasteiger partial charge >= 0.3 is 5.69 Å². The maximum atomic E-state index is 13.3. The lowest BCUT2D eigenvalue weighted by Crippen LogP contribution is -2.43. The monoisotopic (exact) mass is 493 g/mol. The number of nitrogens with one attached hydrogen (secondary N) is 2. The third kappa shape index (κ3) is 4.24. The third-order valence-corrected chi connectivity index (χ3v) is 7.29. The second-order valence-corrected chi connectivity index (χ2v) is 9.71. The van der Waals surface area contributed by atoms with Crippen LogP contribution in [0.2, 0.25) is 0 Å². The molecule has 3 aromatic heterocycles. The van der Waals surface area contributed by atoms with E-state index in [9.17, 15) is 14.4 Å². The molecule has 1 saturated heterocycles. The molecule has 1 fully saturated rings. The van der Waals surface area contributed by atoms with Gasteiger partial charge in [0.2, 0.25) is 5.91 Å². The number of aromatic amines is 2. The summed E-state index contributed by atoms with van der Waals surface area (Å²) in [5.74, 6) is 0.0883. The lowest BCUT2D eigenvalue weighted by atomic mass is 9.99. The lowest BCUT2D eigenvalue weighted by Gasteiger charge is -2.33. The maximum absolute atomic E-state index is 13.3. The van der Waals surface area contributed by atoms with Crippen molar-refractivity contribution in [1.29, 1.82) is 0 Å². The SMILES string of the molecule is CC(=O)c1cccc(-c2ccc(CC(=O)N3CCC[C@@H](n4c(=O)[nH]c5cnc6[nH]ccc6c54)C3)cc2)c1. The molecule has 186 valence electrons. The van der Waals surface area contributed by atoms with Gasteiger partial charge in [0, 0.05) is 30.2 Å². The molecule has 1 aliphatic rings. The largest absolute Gasteiger partial charge is 0.346 e. The van der Waals surface area contributed by atoms with Gasteiger partial charge in [0.15, 0.2) is 5.78 Å². The highest BCUT2D eigenvalue weighted by Crippen LogP contribution is 2.28. The number of carbonyl (C=O) groups excluding carboxylic acids is 2. The predicted molar refractivity (Wildman–Crippen MR) is 143 cm³/mol. The number of benzene rings is 2. The second-order valence-electron chi connectivity index (χ2n) is 9.71. The molecule has 0 saturated carbocycles. The van der Waals surface area contributed by atoms with Crippen molar-refractivity contribution in [2.45, 2.75) is 32.2 Å². The molecule has 5 aromatic rings. The Labute approximate surface area is 212 Å². The molecule has 4 heterocycles. The zero-order chi connectivity index (χ0) is 25.5. The number of aromatic nitrogens is 4. The molecule has 8 nitrogen and oxygen atoms in total. The van der Waals surface area contributed by atoms with E-state index in [-0.39, 0.29) is 23.4 Å². The Hall–Kier alpha value is -4.46. The molecule has 8 heteroatoms. The van der Waals surface area contributed by atoms with Crippen LogP contribution in [0.15, 0.2) is 71.8 Å². The summed E-state index contributed by atoms with van der Waals surface area (Å²) in [7, 11) is 0. The number of pyridine rings is 1. The van der Waals surface area contributed by atoms with Gasteiger partial charge in [-0.2, -0.15) is 0 Å². The molecule has 0 unspecified atom stereocenters. The predicted octanol–water partition coefficient (Wildman–Crippen LogP) is 4.48. The van der Waals surface area contributed by atoms with Crippen molar-refractivity contribution in [2.24, 2.45) is 0 Å². The normalized spacial score (nSPS) is 15.9. The fraction of sp³-hybridized carbons (Fsp3) is 0.241. The number of amides is 1. The van der Waals surface area contributed by atoms with Gasteiger partial charge in [-0.1, -0.05) is 42.5 Å². The van der Waals surface area contributed by atoms with Gasteiger partial charge in [0.25, 0.3) is 0 Å². The van der Waals surface area contributed by atoms with Crippen molar-refractivity contribution >= 4 is 33.8 Å². The minimum absolute atomic E-state index is 0.0352. The number of hydrogen-bond donors (Lipinski definition) is 2. The topological polar surface area (TPSA) is 104 Å². The molecule has 1 amide bonds. The fourth-order valence-corrected chi connectivity index (χ4v) is 5.38. The number of carbonyl (C=O) groups is 2. The van der Waals surface area contributed by atoms with Gasteiger partial charge in [-0.3, -0.25) is 14.2 Å². The van der Waals surface area contributed by atoms with Crippen molar-refractivity contribution in [3.05, 3.63) is 88.6 Å². The summed E-state index contributed by atoms with van der Waals surface area (Å²) in [6.07, 6.45) is 5.47. The number of Topliss-reactive ketones (excluding diaryl/α,β-unsaturated/α-hetero) is 1. The summed E-state index contributed by atoms with van der Waals surface area (Å²) in [4.78, 5) is 50.2. The van der Waals surface area contributed by atoms with E-state index >= 15 is 0 Å². The minimum Gasteiger partial charge on any atom is -0.346 e. The average molecular weight is 494 g/mol. The number of hydrogen-bond acceptors (Lipinski definition) is 4. The van der Waals surface area contributed by atoms with Crippen molar-refractivity contribution < 1.29 is 9.59 Å². The van der Waals surface area contributed by atoms with Crippen LogP contribution in [0, 0.1) is 0 Å². The Morgan fingerprint density at radius 3 is 2.73 bits per heavy atom. The van der Waals surface area contributed by atoms with Crippen LogP contribution in [0.3, 0.4) is 0 Å². The highest BCUT2D eigenvalue weighted by molar-refractivity contribution is 6.01. The van der Waals surface area contributed by atoms with Crippen LogP contribution in [0.5, 0.6) is 0 Å². The van der Waals surface area contributed by atoms with Gasteiger partial charge in [0.05, 0.1) is 29.7 Å². The van der Waals surface area contributed by atoms with Crippen molar-refractivity contribution in [2.75, 3.05) is 13.1 Å². The summed E-state index contributed by atoms with van der Waals surface area (Å²) in [5, 5.41) is 0.897. The van der Waals surface area contributed by atoms with Gasteiger partial charge in [-0.15, -0.1) is 0 Å². The molecule has 1 atom stereocenters. The van der Waals surface area contributed by atoms with Crippen molar-refractivity contribution in [3.63, 3.8) is 0 Å². The molecule has 2 aromatic carbocycles. The Bertz CT molecular complexity index is 1690. The van der Waals surface area contributed by atoms with Crippen LogP contribution in [0.25, 0.3) is 33.2 Å². The molecule has 6 rings (SSSR count). The van der Waals surface area contributed by atoms with Crippen LogP contribution in [-0.4, -0.2) is 49.2 Å². The first kappa shape index (κ1) is 23.0. The number of piperidine rings is 1. The van der Waals surface area contributed by atoms with Gasteiger partial charge < -0.3 is 14.9 Å². The first-order valence-electron chi connectivity index (χ1n) is 12.5. The number of imidazole rings is 1. The molecule has 0 bridgehead atoms. The van der Waals surface area contributed by atoms with Crippen LogP contribution in [-0.2, 0) is 11.2 Å². The van der Waals surface area contributed by atoms with Crippen LogP contribution >= 0.6 is 0 Å². The Morgan fingerprint density at radius 1 is 1.08 bits per heavy atom. The van der Waals surface area contributed by atoms with E-state index in [1.54, 1.807) is 17.7 Å². The molecule has 1 aliphatic heterocycles. The number of nitrogens with zero attached hydrogens (tertiary/aromatic N) is 3. The van der Waals surface area contributed by atoms with E-state index in [0.29, 0.717) is 30.6 Å². The van der Waals surface area contributed by atoms with E-state index in [0.717, 1.165) is 46.1 Å². The quantitative estimate of drug-likeness (QED) is 0.352. The van der Waals surface area contributed by atoms with Gasteiger partial charge in [-0.25, -0.2) is 9.78 Å². The summed E-state index contributed by atoms with van der Waals surface area (Å²) >= 11 is 0. The summed E-state index contributed by atoms with van der Waals surface area (Å²) in [6.45, 7) is 2.74. The number of likely N-dealkylation sites (tertiary alicyclic amines) is 1. The second kappa shape index (κ2) is 9.20. The van der Waals surface area contributed by atoms with Crippen LogP contribution < -0.4 is 5.69 Å². The fourth-order valence-electron chi connectivity index (χ4n) is 5.38. The first-order chi connectivity index (χ1) is 18.0. The molecule has 0 aliphatic carbocycles. The molecule has 0 radical (unpaired) electrons. The highest BCUT2D eigenvalue weighted by Gasteiger charge is 2.28. The molecular weight excluding hydrogens is 466 g/mol. The standard InChI is InChI=1S/C29H27N5O3/c1-18(35)21-4-2-5-22(15-21)20-9-7-19(8-10-20)14-26(36)33-13-3-6-23(17-33)34-27-24-11-12-30-28(24)31-16-25(27)32-29(34)37/h2,4-5,7-12,15-16,23H,3,6,13-14,17H2,1H3,(H,30,31)(H,32,37)/t23-/m1/s1. The molecule has 0 spiro atoms. The summed E-state index contributed by atoms with van der Waals surface area (Å²) in [5.41, 5.74) is 5.69. The van der Waals surface area contributed by atoms with Gasteiger partial charge in [0.1, 0.15) is 5.65 Å². The Balaban J connectivity index is 1.20. The van der Waals surface area contributed by atoms with E-state index < -0.39 is 0 Å². The molecule has 37 heavy (non-hydrogen) atoms. The summed E-state index contributed by atoms with van der Waals surface area (Å²) in [6, 6.07) is 17.3. The first-order valence-corrected chi connectivity index (χ1v) is 12.5. The smallest absolute Gasteiger partial charge is 0.326 e. The highest BCUT2D eigenvalue weighted by atomic mass is 16.2. The van der Waals surface area contributed by atoms with E-state index in [4.69, 9.17) is 0 Å². The molecule has 2 N–H and O–H groups in total. The molecular formula is C29H27N5O3. The van der Waals surface area contributed by atoms with E-state index in [1.807, 2.05) is 65.7 Å². The maximum Gasteiger partial charge on any atom is 0.326 e. The zero-order valence-corrected chi connectivity index (χ0v) is 20.5. The zero-order valence-electron chi connectivity index (χ0n) is 20.5. The summed E-state index contributed by atoms with van der Waals surface area (Å²) < 4.78 is 1.80. The van der Waals surface area contributed by atoms with Gasteiger partial charge in [-0.05, 0) is 48.6 Å². The van der Waals surface area contributed by atoms with E-state index in [1.165, 1.54) is 0 Å². The van der Waals surface area contributed by atoms with Crippen molar-refractivity contribution in [3.8, 4) is 11.1 Å². The van der Waals surface area contributed by atoms with Crippen molar-refractivity contribution in [1.82, 2.24) is 24.4 Å². The number of ketones is 1. The van der Waals surface area contributed by atoms with E-state index in [2.05, 4.69) is 15.0 Å². The number of fused-ring (bicyclic) bond motifs is 3. The number of H-pyrrole nitrogens is 2. The average Bonchev–Trinajstić information content (AvgIpc) is 3.52. The van der Waals surface area contributed by atoms with Crippen LogP contribution in [0.4, 0.5) is 0 Å².